The Kier molecular flexibility index (Phi) is 4.84. The molecule has 120 valence electrons. The number of hydrogen-bond acceptors (Lipinski definition) is 2. The number of nitrogens with zero attached hydrogens (tertiary/aromatic N) is 2. The number of piperazine rings is 1. The second-order valence-electron chi connectivity index (χ2n) is 6.02. The molecule has 1 saturated heterocycles. The molecule has 2 fully saturated rings. The Bertz CT molecular complexity index is 540. The maximum atomic E-state index is 13.1. The van der Waals surface area contributed by atoms with Crippen molar-refractivity contribution in [3.05, 3.63) is 29.0 Å². The third-order valence-corrected chi connectivity index (χ3v) is 4.90. The number of hydrogen-bond donors (Lipinski definition) is 1. The quantitative estimate of drug-likeness (QED) is 0.902. The fourth-order valence-electron chi connectivity index (χ4n) is 3.34. The van der Waals surface area contributed by atoms with Crippen LogP contribution in [-0.4, -0.2) is 48.1 Å². The fourth-order valence-corrected chi connectivity index (χ4v) is 3.52. The Morgan fingerprint density at radius 2 is 1.86 bits per heavy atom. The Morgan fingerprint density at radius 3 is 2.50 bits per heavy atom. The summed E-state index contributed by atoms with van der Waals surface area (Å²) in [7, 11) is 0. The molecule has 1 saturated carbocycles. The van der Waals surface area contributed by atoms with Gasteiger partial charge in [0, 0.05) is 37.9 Å². The fraction of sp³-hybridized carbons (Fsp3) is 0.562. The Balaban J connectivity index is 1.52. The molecule has 1 aliphatic heterocycles. The largest absolute Gasteiger partial charge is 0.322 e. The van der Waals surface area contributed by atoms with E-state index in [1.165, 1.54) is 43.9 Å². The van der Waals surface area contributed by atoms with Crippen LogP contribution in [0.15, 0.2) is 18.2 Å². The van der Waals surface area contributed by atoms with Crippen molar-refractivity contribution in [2.75, 3.05) is 31.5 Å². The highest BCUT2D eigenvalue weighted by Crippen LogP contribution is 2.24. The number of rotatable bonds is 2. The van der Waals surface area contributed by atoms with Crippen LogP contribution in [0.4, 0.5) is 14.9 Å². The lowest BCUT2D eigenvalue weighted by Crippen LogP contribution is -2.52. The summed E-state index contributed by atoms with van der Waals surface area (Å²) in [6, 6.07) is 4.78. The Morgan fingerprint density at radius 1 is 1.18 bits per heavy atom. The average molecular weight is 326 g/mol. The molecule has 0 spiro atoms. The maximum Gasteiger partial charge on any atom is 0.321 e. The third-order valence-electron chi connectivity index (χ3n) is 4.61. The van der Waals surface area contributed by atoms with Crippen LogP contribution in [-0.2, 0) is 0 Å². The SMILES string of the molecule is O=C(Nc1ccc(F)c(Cl)c1)N1CCN(C2CCCC2)CC1. The van der Waals surface area contributed by atoms with Gasteiger partial charge in [-0.25, -0.2) is 9.18 Å². The van der Waals surface area contributed by atoms with Gasteiger partial charge in [0.05, 0.1) is 5.02 Å². The summed E-state index contributed by atoms with van der Waals surface area (Å²) >= 11 is 5.73. The summed E-state index contributed by atoms with van der Waals surface area (Å²) in [5.41, 5.74) is 0.523. The summed E-state index contributed by atoms with van der Waals surface area (Å²) in [6.45, 7) is 3.33. The van der Waals surface area contributed by atoms with Gasteiger partial charge in [0.25, 0.3) is 0 Å². The maximum absolute atomic E-state index is 13.1. The van der Waals surface area contributed by atoms with Crippen molar-refractivity contribution in [2.45, 2.75) is 31.7 Å². The van der Waals surface area contributed by atoms with Crippen molar-refractivity contribution in [3.63, 3.8) is 0 Å². The van der Waals surface area contributed by atoms with Crippen LogP contribution in [0.5, 0.6) is 0 Å². The molecule has 6 heteroatoms. The smallest absolute Gasteiger partial charge is 0.321 e. The van der Waals surface area contributed by atoms with E-state index in [0.29, 0.717) is 11.7 Å². The van der Waals surface area contributed by atoms with Gasteiger partial charge in [-0.3, -0.25) is 4.90 Å². The van der Waals surface area contributed by atoms with Crippen molar-refractivity contribution < 1.29 is 9.18 Å². The topological polar surface area (TPSA) is 35.6 Å². The number of benzene rings is 1. The van der Waals surface area contributed by atoms with Crippen LogP contribution in [0.3, 0.4) is 0 Å². The first kappa shape index (κ1) is 15.6. The average Bonchev–Trinajstić information content (AvgIpc) is 3.05. The first-order valence-electron chi connectivity index (χ1n) is 7.88. The van der Waals surface area contributed by atoms with Gasteiger partial charge in [0.2, 0.25) is 0 Å². The summed E-state index contributed by atoms with van der Waals surface area (Å²) in [5, 5.41) is 2.80. The molecular formula is C16H21ClFN3O. The second-order valence-corrected chi connectivity index (χ2v) is 6.43. The predicted octanol–water partition coefficient (Wildman–Crippen LogP) is 3.57. The number of amides is 2. The minimum absolute atomic E-state index is 0.0175. The lowest BCUT2D eigenvalue weighted by molar-refractivity contribution is 0.115. The molecule has 22 heavy (non-hydrogen) atoms. The zero-order valence-electron chi connectivity index (χ0n) is 12.5. The molecule has 0 aromatic heterocycles. The third kappa shape index (κ3) is 3.52. The van der Waals surface area contributed by atoms with Gasteiger partial charge in [-0.05, 0) is 31.0 Å². The first-order valence-corrected chi connectivity index (χ1v) is 8.26. The molecule has 0 atom stereocenters. The van der Waals surface area contributed by atoms with E-state index in [-0.39, 0.29) is 11.1 Å². The Labute approximate surface area is 135 Å². The lowest BCUT2D eigenvalue weighted by atomic mass is 10.2. The van der Waals surface area contributed by atoms with E-state index in [9.17, 15) is 9.18 Å². The van der Waals surface area contributed by atoms with E-state index >= 15 is 0 Å². The van der Waals surface area contributed by atoms with Crippen LogP contribution in [0.1, 0.15) is 25.7 Å². The molecule has 1 N–H and O–H groups in total. The van der Waals surface area contributed by atoms with E-state index < -0.39 is 5.82 Å². The van der Waals surface area contributed by atoms with Gasteiger partial charge in [-0.2, -0.15) is 0 Å². The van der Waals surface area contributed by atoms with Gasteiger partial charge in [0.15, 0.2) is 0 Å². The number of urea groups is 1. The molecule has 4 nitrogen and oxygen atoms in total. The summed E-state index contributed by atoms with van der Waals surface area (Å²) < 4.78 is 13.1. The van der Waals surface area contributed by atoms with Crippen LogP contribution in [0, 0.1) is 5.82 Å². The molecule has 0 unspecified atom stereocenters. The minimum Gasteiger partial charge on any atom is -0.322 e. The highest BCUT2D eigenvalue weighted by Gasteiger charge is 2.27. The molecule has 2 amide bonds. The summed E-state index contributed by atoms with van der Waals surface area (Å²) in [5.74, 6) is -0.482. The van der Waals surface area contributed by atoms with Gasteiger partial charge in [-0.1, -0.05) is 24.4 Å². The van der Waals surface area contributed by atoms with E-state index in [4.69, 9.17) is 11.6 Å². The zero-order valence-corrected chi connectivity index (χ0v) is 13.3. The number of carbonyl (C=O) groups excluding carboxylic acids is 1. The minimum atomic E-state index is -0.482. The van der Waals surface area contributed by atoms with Crippen molar-refractivity contribution >= 4 is 23.3 Å². The lowest BCUT2D eigenvalue weighted by Gasteiger charge is -2.38. The van der Waals surface area contributed by atoms with E-state index in [1.807, 2.05) is 4.90 Å². The second kappa shape index (κ2) is 6.84. The molecule has 2 aliphatic rings. The van der Waals surface area contributed by atoms with Crippen molar-refractivity contribution in [1.29, 1.82) is 0 Å². The summed E-state index contributed by atoms with van der Waals surface area (Å²) in [6.07, 6.45) is 5.24. The number of halogens is 2. The Hall–Kier alpha value is -1.33. The number of nitrogens with one attached hydrogen (secondary N) is 1. The molecule has 0 radical (unpaired) electrons. The molecule has 0 bridgehead atoms. The van der Waals surface area contributed by atoms with E-state index in [2.05, 4.69) is 10.2 Å². The van der Waals surface area contributed by atoms with Crippen molar-refractivity contribution in [2.24, 2.45) is 0 Å². The predicted molar refractivity (Wildman–Crippen MR) is 85.8 cm³/mol. The van der Waals surface area contributed by atoms with Crippen molar-refractivity contribution in [1.82, 2.24) is 9.80 Å². The molecule has 1 aromatic rings. The molecule has 3 rings (SSSR count). The van der Waals surface area contributed by atoms with Crippen LogP contribution >= 0.6 is 11.6 Å². The molecular weight excluding hydrogens is 305 g/mol. The van der Waals surface area contributed by atoms with E-state index in [1.54, 1.807) is 0 Å². The van der Waals surface area contributed by atoms with Crippen LogP contribution < -0.4 is 5.32 Å². The normalized spacial score (nSPS) is 20.4. The highest BCUT2D eigenvalue weighted by atomic mass is 35.5. The van der Waals surface area contributed by atoms with Gasteiger partial charge in [-0.15, -0.1) is 0 Å². The molecule has 1 heterocycles. The number of anilines is 1. The number of carbonyl (C=O) groups is 1. The first-order chi connectivity index (χ1) is 10.6. The molecule has 1 aromatic carbocycles. The standard InChI is InChI=1S/C16H21ClFN3O/c17-14-11-12(5-6-15(14)18)19-16(22)21-9-7-20(8-10-21)13-3-1-2-4-13/h5-6,11,13H,1-4,7-10H2,(H,19,22). The van der Waals surface area contributed by atoms with E-state index in [0.717, 1.165) is 26.2 Å². The zero-order chi connectivity index (χ0) is 15.5. The van der Waals surface area contributed by atoms with Gasteiger partial charge < -0.3 is 10.2 Å². The van der Waals surface area contributed by atoms with Crippen LogP contribution in [0.25, 0.3) is 0 Å². The van der Waals surface area contributed by atoms with Crippen molar-refractivity contribution in [3.8, 4) is 0 Å². The van der Waals surface area contributed by atoms with Gasteiger partial charge >= 0.3 is 6.03 Å². The molecule has 1 aliphatic carbocycles. The van der Waals surface area contributed by atoms with Gasteiger partial charge in [0.1, 0.15) is 5.82 Å². The summed E-state index contributed by atoms with van der Waals surface area (Å²) in [4.78, 5) is 16.6. The monoisotopic (exact) mass is 325 g/mol. The highest BCUT2D eigenvalue weighted by molar-refractivity contribution is 6.31. The van der Waals surface area contributed by atoms with Crippen LogP contribution in [0.2, 0.25) is 5.02 Å².